The number of benzene rings is 1. The van der Waals surface area contributed by atoms with Gasteiger partial charge in [-0.1, -0.05) is 0 Å². The topological polar surface area (TPSA) is 166 Å². The molecule has 1 aromatic rings. The number of carbonyl (C=O) groups is 2. The van der Waals surface area contributed by atoms with Crippen LogP contribution >= 0.6 is 0 Å². The van der Waals surface area contributed by atoms with Crippen LogP contribution in [0.15, 0.2) is 24.3 Å². The molecule has 212 valence electrons. The molecule has 1 rings (SSSR count). The number of nitrogen functional groups attached to an aromatic ring is 1. The third-order valence-corrected chi connectivity index (χ3v) is 4.26. The number of ether oxygens (including phenoxy) is 8. The number of carboxylic acid groups (broad SMARTS) is 1. The fourth-order valence-corrected chi connectivity index (χ4v) is 2.53. The molecule has 0 heterocycles. The Balaban J connectivity index is 1.69. The van der Waals surface area contributed by atoms with Gasteiger partial charge in [-0.2, -0.15) is 0 Å². The van der Waals surface area contributed by atoms with Crippen molar-refractivity contribution in [2.75, 3.05) is 111 Å². The second-order valence-electron chi connectivity index (χ2n) is 7.33. The van der Waals surface area contributed by atoms with E-state index in [1.165, 1.54) is 0 Å². The van der Waals surface area contributed by atoms with Gasteiger partial charge in [0.05, 0.1) is 79.3 Å². The number of carbonyl (C=O) groups excluding carboxylic acids is 1. The first-order valence-electron chi connectivity index (χ1n) is 12.1. The van der Waals surface area contributed by atoms with E-state index in [2.05, 4.69) is 10.1 Å². The van der Waals surface area contributed by atoms with E-state index in [0.717, 1.165) is 5.75 Å². The van der Waals surface area contributed by atoms with Crippen molar-refractivity contribution in [1.82, 2.24) is 5.32 Å². The molecule has 0 aliphatic carbocycles. The first kappa shape index (κ1) is 32.5. The summed E-state index contributed by atoms with van der Waals surface area (Å²) in [4.78, 5) is 21.6. The molecule has 0 unspecified atom stereocenters. The van der Waals surface area contributed by atoms with Crippen LogP contribution in [0.2, 0.25) is 0 Å². The zero-order valence-corrected chi connectivity index (χ0v) is 21.2. The summed E-state index contributed by atoms with van der Waals surface area (Å²) in [6.07, 6.45) is 0. The van der Waals surface area contributed by atoms with Crippen molar-refractivity contribution in [2.45, 2.75) is 0 Å². The van der Waals surface area contributed by atoms with Crippen molar-refractivity contribution in [1.29, 1.82) is 0 Å². The molecule has 4 N–H and O–H groups in total. The van der Waals surface area contributed by atoms with E-state index >= 15 is 0 Å². The first-order valence-corrected chi connectivity index (χ1v) is 12.1. The molecule has 1 amide bonds. The van der Waals surface area contributed by atoms with Crippen LogP contribution in [0.4, 0.5) is 5.69 Å². The number of anilines is 1. The van der Waals surface area contributed by atoms with E-state index in [9.17, 15) is 9.59 Å². The van der Waals surface area contributed by atoms with Crippen molar-refractivity contribution < 1.29 is 52.6 Å². The Morgan fingerprint density at radius 2 is 1.05 bits per heavy atom. The lowest BCUT2D eigenvalue weighted by atomic mass is 10.3. The summed E-state index contributed by atoms with van der Waals surface area (Å²) >= 11 is 0. The highest BCUT2D eigenvalue weighted by Gasteiger charge is 2.03. The Morgan fingerprint density at radius 3 is 1.51 bits per heavy atom. The van der Waals surface area contributed by atoms with Gasteiger partial charge in [0.1, 0.15) is 25.6 Å². The molecular weight excluding hydrogens is 492 g/mol. The largest absolute Gasteiger partial charge is 0.491 e. The van der Waals surface area contributed by atoms with Gasteiger partial charge in [-0.05, 0) is 24.3 Å². The van der Waals surface area contributed by atoms with Crippen molar-refractivity contribution in [3.63, 3.8) is 0 Å². The lowest BCUT2D eigenvalue weighted by Gasteiger charge is -2.09. The molecule has 0 atom stereocenters. The number of nitrogens with one attached hydrogen (secondary N) is 1. The molecule has 0 bridgehead atoms. The highest BCUT2D eigenvalue weighted by Crippen LogP contribution is 2.12. The van der Waals surface area contributed by atoms with Gasteiger partial charge < -0.3 is 54.1 Å². The first-order chi connectivity index (χ1) is 18.1. The molecule has 0 aromatic heterocycles. The number of hydrogen-bond donors (Lipinski definition) is 3. The number of amides is 1. The molecule has 0 fully saturated rings. The predicted octanol–water partition coefficient (Wildman–Crippen LogP) is -0.0354. The van der Waals surface area contributed by atoms with Gasteiger partial charge in [0.25, 0.3) is 0 Å². The van der Waals surface area contributed by atoms with Gasteiger partial charge in [0.2, 0.25) is 5.91 Å². The molecule has 0 aliphatic rings. The SMILES string of the molecule is Nc1ccc(OCCOCCOCCOCCOCCOCCOCCNC(=O)COCC(=O)O)cc1. The summed E-state index contributed by atoms with van der Waals surface area (Å²) in [5, 5.41) is 10.9. The predicted molar refractivity (Wildman–Crippen MR) is 133 cm³/mol. The van der Waals surface area contributed by atoms with Gasteiger partial charge in [-0.3, -0.25) is 4.79 Å². The zero-order valence-electron chi connectivity index (χ0n) is 21.2. The molecular formula is C24H40N2O11. The van der Waals surface area contributed by atoms with E-state index in [1.54, 1.807) is 12.1 Å². The molecule has 0 saturated carbocycles. The van der Waals surface area contributed by atoms with Crippen molar-refractivity contribution in [3.05, 3.63) is 24.3 Å². The maximum atomic E-state index is 11.3. The highest BCUT2D eigenvalue weighted by atomic mass is 16.6. The van der Waals surface area contributed by atoms with Crippen molar-refractivity contribution in [3.8, 4) is 5.75 Å². The monoisotopic (exact) mass is 532 g/mol. The molecule has 1 aromatic carbocycles. The summed E-state index contributed by atoms with van der Waals surface area (Å²) in [7, 11) is 0. The molecule has 0 saturated heterocycles. The van der Waals surface area contributed by atoms with Crippen molar-refractivity contribution in [2.24, 2.45) is 0 Å². The van der Waals surface area contributed by atoms with Crippen LogP contribution < -0.4 is 15.8 Å². The Hall–Kier alpha value is -2.52. The third-order valence-electron chi connectivity index (χ3n) is 4.26. The Labute approximate surface area is 217 Å². The smallest absolute Gasteiger partial charge is 0.329 e. The van der Waals surface area contributed by atoms with Crippen LogP contribution in [0, 0.1) is 0 Å². The number of aliphatic carboxylic acids is 1. The van der Waals surface area contributed by atoms with Crippen LogP contribution in [0.3, 0.4) is 0 Å². The van der Waals surface area contributed by atoms with Crippen LogP contribution in [0.25, 0.3) is 0 Å². The summed E-state index contributed by atoms with van der Waals surface area (Å²) in [6, 6.07) is 7.21. The number of hydrogen-bond acceptors (Lipinski definition) is 11. The van der Waals surface area contributed by atoms with E-state index < -0.39 is 18.5 Å². The van der Waals surface area contributed by atoms with Crippen molar-refractivity contribution >= 4 is 17.6 Å². The van der Waals surface area contributed by atoms with Gasteiger partial charge in [-0.15, -0.1) is 0 Å². The molecule has 0 radical (unpaired) electrons. The fourth-order valence-electron chi connectivity index (χ4n) is 2.53. The average molecular weight is 533 g/mol. The van der Waals surface area contributed by atoms with Crippen LogP contribution in [-0.4, -0.2) is 123 Å². The normalized spacial score (nSPS) is 10.9. The van der Waals surface area contributed by atoms with Crippen LogP contribution in [0.5, 0.6) is 5.75 Å². The van der Waals surface area contributed by atoms with Crippen LogP contribution in [0.1, 0.15) is 0 Å². The Morgan fingerprint density at radius 1 is 0.622 bits per heavy atom. The maximum absolute atomic E-state index is 11.3. The summed E-state index contributed by atoms with van der Waals surface area (Å²) in [6.45, 7) is 5.32. The van der Waals surface area contributed by atoms with E-state index in [-0.39, 0.29) is 6.61 Å². The average Bonchev–Trinajstić information content (AvgIpc) is 2.88. The number of carboxylic acids is 1. The lowest BCUT2D eigenvalue weighted by molar-refractivity contribution is -0.143. The molecule has 37 heavy (non-hydrogen) atoms. The van der Waals surface area contributed by atoms with Gasteiger partial charge in [-0.25, -0.2) is 4.79 Å². The van der Waals surface area contributed by atoms with E-state index in [1.807, 2.05) is 12.1 Å². The molecule has 13 nitrogen and oxygen atoms in total. The van der Waals surface area contributed by atoms with Crippen LogP contribution in [-0.2, 0) is 42.7 Å². The van der Waals surface area contributed by atoms with E-state index in [0.29, 0.717) is 98.1 Å². The minimum absolute atomic E-state index is 0.298. The second-order valence-corrected chi connectivity index (χ2v) is 7.33. The minimum atomic E-state index is -1.12. The standard InChI is InChI=1S/C24H40N2O11/c25-21-1-3-22(4-2-21)37-18-17-35-16-15-34-14-13-33-12-11-32-10-9-31-8-7-30-6-5-26-23(27)19-36-20-24(28)29/h1-4H,5-20,25H2,(H,26,27)(H,28,29). The molecule has 0 aliphatic heterocycles. The number of rotatable bonds is 26. The van der Waals surface area contributed by atoms with Gasteiger partial charge in [0.15, 0.2) is 0 Å². The second kappa shape index (κ2) is 23.9. The van der Waals surface area contributed by atoms with Gasteiger partial charge >= 0.3 is 5.97 Å². The summed E-state index contributed by atoms with van der Waals surface area (Å²) in [5.74, 6) is -0.758. The fraction of sp³-hybridized carbons (Fsp3) is 0.667. The summed E-state index contributed by atoms with van der Waals surface area (Å²) in [5.41, 5.74) is 6.32. The Kier molecular flexibility index (Phi) is 21.0. The number of nitrogens with two attached hydrogens (primary N) is 1. The molecule has 0 spiro atoms. The third kappa shape index (κ3) is 22.4. The van der Waals surface area contributed by atoms with Gasteiger partial charge in [0, 0.05) is 12.2 Å². The lowest BCUT2D eigenvalue weighted by Crippen LogP contribution is -2.31. The highest BCUT2D eigenvalue weighted by molar-refractivity contribution is 5.77. The quantitative estimate of drug-likeness (QED) is 0.108. The minimum Gasteiger partial charge on any atom is -0.491 e. The van der Waals surface area contributed by atoms with E-state index in [4.69, 9.17) is 44.0 Å². The molecule has 13 heteroatoms. The Bertz CT molecular complexity index is 692. The summed E-state index contributed by atoms with van der Waals surface area (Å²) < 4.78 is 42.6. The maximum Gasteiger partial charge on any atom is 0.329 e. The zero-order chi connectivity index (χ0) is 26.8.